The van der Waals surface area contributed by atoms with E-state index in [-0.39, 0.29) is 23.5 Å². The number of carbonyl (C=O) groups is 1. The van der Waals surface area contributed by atoms with Crippen molar-refractivity contribution in [3.05, 3.63) is 23.9 Å². The molecule has 2 aliphatic rings. The molecule has 1 aromatic heterocycles. The van der Waals surface area contributed by atoms with E-state index in [4.69, 9.17) is 4.74 Å². The first-order chi connectivity index (χ1) is 11.0. The third-order valence-corrected chi connectivity index (χ3v) is 6.25. The molecule has 0 bridgehead atoms. The van der Waals surface area contributed by atoms with Gasteiger partial charge in [-0.2, -0.15) is 0 Å². The Morgan fingerprint density at radius 1 is 1.30 bits per heavy atom. The molecular weight excluding hydrogens is 316 g/mol. The van der Waals surface area contributed by atoms with Gasteiger partial charge in [-0.05, 0) is 38.2 Å². The van der Waals surface area contributed by atoms with Crippen LogP contribution < -0.4 is 10.1 Å². The molecule has 2 heterocycles. The predicted molar refractivity (Wildman–Crippen MR) is 85.7 cm³/mol. The number of amides is 1. The number of rotatable bonds is 5. The van der Waals surface area contributed by atoms with Crippen molar-refractivity contribution in [3.63, 3.8) is 0 Å². The minimum atomic E-state index is -3.05. The molecule has 7 heteroatoms. The van der Waals surface area contributed by atoms with Crippen molar-refractivity contribution in [2.45, 2.75) is 44.8 Å². The lowest BCUT2D eigenvalue weighted by molar-refractivity contribution is -0.124. The predicted octanol–water partition coefficient (Wildman–Crippen LogP) is 1.45. The van der Waals surface area contributed by atoms with Crippen LogP contribution in [0.3, 0.4) is 0 Å². The average molecular weight is 338 g/mol. The topological polar surface area (TPSA) is 85.4 Å². The summed E-state index contributed by atoms with van der Waals surface area (Å²) in [6.07, 6.45) is 6.75. The van der Waals surface area contributed by atoms with Gasteiger partial charge in [0.15, 0.2) is 9.84 Å². The Labute approximate surface area is 136 Å². The number of carbonyl (C=O) groups excluding carboxylic acids is 1. The van der Waals surface area contributed by atoms with Gasteiger partial charge in [-0.1, -0.05) is 6.07 Å². The average Bonchev–Trinajstić information content (AvgIpc) is 3.15. The van der Waals surface area contributed by atoms with E-state index >= 15 is 0 Å². The van der Waals surface area contributed by atoms with Gasteiger partial charge in [0.2, 0.25) is 11.8 Å². The SMILES string of the molecule is O=C(NCc1cccnc1OC1CCCC1)[C@H]1CCS(=O)(=O)C1. The van der Waals surface area contributed by atoms with E-state index in [9.17, 15) is 13.2 Å². The lowest BCUT2D eigenvalue weighted by atomic mass is 10.1. The van der Waals surface area contributed by atoms with E-state index in [1.807, 2.05) is 12.1 Å². The number of hydrogen-bond donors (Lipinski definition) is 1. The molecule has 6 nitrogen and oxygen atoms in total. The first kappa shape index (κ1) is 16.2. The maximum absolute atomic E-state index is 12.1. The highest BCUT2D eigenvalue weighted by atomic mass is 32.2. The summed E-state index contributed by atoms with van der Waals surface area (Å²) < 4.78 is 28.9. The number of nitrogens with zero attached hydrogens (tertiary/aromatic N) is 1. The number of aromatic nitrogens is 1. The van der Waals surface area contributed by atoms with E-state index in [2.05, 4.69) is 10.3 Å². The van der Waals surface area contributed by atoms with Crippen LogP contribution in [0.5, 0.6) is 5.88 Å². The van der Waals surface area contributed by atoms with Crippen LogP contribution in [0.1, 0.15) is 37.7 Å². The highest BCUT2D eigenvalue weighted by molar-refractivity contribution is 7.91. The largest absolute Gasteiger partial charge is 0.474 e. The van der Waals surface area contributed by atoms with Gasteiger partial charge in [0.1, 0.15) is 6.10 Å². The zero-order valence-electron chi connectivity index (χ0n) is 13.0. The second kappa shape index (κ2) is 6.86. The van der Waals surface area contributed by atoms with Gasteiger partial charge in [0.05, 0.1) is 17.4 Å². The van der Waals surface area contributed by atoms with Crippen molar-refractivity contribution in [2.75, 3.05) is 11.5 Å². The second-order valence-electron chi connectivity index (χ2n) is 6.31. The lowest BCUT2D eigenvalue weighted by Crippen LogP contribution is -2.31. The zero-order chi connectivity index (χ0) is 16.3. The van der Waals surface area contributed by atoms with E-state index in [0.717, 1.165) is 18.4 Å². The summed E-state index contributed by atoms with van der Waals surface area (Å²) in [7, 11) is -3.05. The Bertz CT molecular complexity index is 668. The summed E-state index contributed by atoms with van der Waals surface area (Å²) in [6, 6.07) is 3.69. The van der Waals surface area contributed by atoms with Gasteiger partial charge in [-0.15, -0.1) is 0 Å². The molecule has 0 unspecified atom stereocenters. The Morgan fingerprint density at radius 3 is 2.78 bits per heavy atom. The van der Waals surface area contributed by atoms with Crippen LogP contribution in [-0.4, -0.2) is 36.9 Å². The maximum atomic E-state index is 12.1. The van der Waals surface area contributed by atoms with E-state index in [0.29, 0.717) is 18.8 Å². The minimum absolute atomic E-state index is 0.0443. The second-order valence-corrected chi connectivity index (χ2v) is 8.54. The van der Waals surface area contributed by atoms with Crippen molar-refractivity contribution in [3.8, 4) is 5.88 Å². The Kier molecular flexibility index (Phi) is 4.84. The summed E-state index contributed by atoms with van der Waals surface area (Å²) in [4.78, 5) is 16.4. The highest BCUT2D eigenvalue weighted by Crippen LogP contribution is 2.25. The molecule has 23 heavy (non-hydrogen) atoms. The lowest BCUT2D eigenvalue weighted by Gasteiger charge is -2.16. The summed E-state index contributed by atoms with van der Waals surface area (Å²) in [6.45, 7) is 0.311. The third kappa shape index (κ3) is 4.22. The molecule has 1 atom stereocenters. The van der Waals surface area contributed by atoms with Gasteiger partial charge in [-0.3, -0.25) is 4.79 Å². The standard InChI is InChI=1S/C16H22N2O4S/c19-15(13-7-9-23(20,21)11-13)18-10-12-4-3-8-17-16(12)22-14-5-1-2-6-14/h3-4,8,13-14H,1-2,5-7,9-11H2,(H,18,19)/t13-/m0/s1. The molecule has 0 radical (unpaired) electrons. The van der Waals surface area contributed by atoms with Gasteiger partial charge in [0.25, 0.3) is 0 Å². The van der Waals surface area contributed by atoms with Crippen molar-refractivity contribution >= 4 is 15.7 Å². The van der Waals surface area contributed by atoms with Gasteiger partial charge in [0, 0.05) is 18.3 Å². The Morgan fingerprint density at radius 2 is 2.09 bits per heavy atom. The van der Waals surface area contributed by atoms with E-state index < -0.39 is 15.8 Å². The smallest absolute Gasteiger partial charge is 0.224 e. The van der Waals surface area contributed by atoms with Crippen LogP contribution in [0, 0.1) is 5.92 Å². The van der Waals surface area contributed by atoms with Crippen LogP contribution in [0.15, 0.2) is 18.3 Å². The quantitative estimate of drug-likeness (QED) is 0.878. The third-order valence-electron chi connectivity index (χ3n) is 4.49. The summed E-state index contributed by atoms with van der Waals surface area (Å²) in [5, 5.41) is 2.82. The number of pyridine rings is 1. The first-order valence-electron chi connectivity index (χ1n) is 8.12. The van der Waals surface area contributed by atoms with Crippen LogP contribution in [-0.2, 0) is 21.2 Å². The normalized spacial score (nSPS) is 23.7. The fraction of sp³-hybridized carbons (Fsp3) is 0.625. The molecule has 1 amide bonds. The summed E-state index contributed by atoms with van der Waals surface area (Å²) in [5.41, 5.74) is 0.827. The molecule has 3 rings (SSSR count). The van der Waals surface area contributed by atoms with Gasteiger partial charge in [-0.25, -0.2) is 13.4 Å². The summed E-state index contributed by atoms with van der Waals surface area (Å²) in [5.74, 6) is -0.0120. The molecule has 0 aromatic carbocycles. The van der Waals surface area contributed by atoms with E-state index in [1.54, 1.807) is 6.20 Å². The molecule has 1 aliphatic heterocycles. The van der Waals surface area contributed by atoms with Crippen molar-refractivity contribution in [1.82, 2.24) is 10.3 Å². The summed E-state index contributed by atoms with van der Waals surface area (Å²) >= 11 is 0. The zero-order valence-corrected chi connectivity index (χ0v) is 13.8. The Balaban J connectivity index is 1.58. The Hall–Kier alpha value is -1.63. The van der Waals surface area contributed by atoms with Crippen molar-refractivity contribution in [1.29, 1.82) is 0 Å². The molecule has 126 valence electrons. The number of nitrogens with one attached hydrogen (secondary N) is 1. The number of hydrogen-bond acceptors (Lipinski definition) is 5. The molecular formula is C16H22N2O4S. The molecule has 1 aromatic rings. The van der Waals surface area contributed by atoms with E-state index in [1.165, 1.54) is 12.8 Å². The minimum Gasteiger partial charge on any atom is -0.474 e. The maximum Gasteiger partial charge on any atom is 0.224 e. The number of sulfone groups is 1. The van der Waals surface area contributed by atoms with Crippen LogP contribution >= 0.6 is 0 Å². The molecule has 0 spiro atoms. The molecule has 1 N–H and O–H groups in total. The first-order valence-corrected chi connectivity index (χ1v) is 9.94. The fourth-order valence-electron chi connectivity index (χ4n) is 3.16. The van der Waals surface area contributed by atoms with Crippen LogP contribution in [0.25, 0.3) is 0 Å². The van der Waals surface area contributed by atoms with Crippen molar-refractivity contribution < 1.29 is 17.9 Å². The van der Waals surface area contributed by atoms with Gasteiger partial charge < -0.3 is 10.1 Å². The molecule has 2 fully saturated rings. The van der Waals surface area contributed by atoms with Crippen molar-refractivity contribution in [2.24, 2.45) is 5.92 Å². The fourth-order valence-corrected chi connectivity index (χ4v) is 4.90. The number of ether oxygens (including phenoxy) is 1. The molecule has 1 saturated carbocycles. The monoisotopic (exact) mass is 338 g/mol. The van der Waals surface area contributed by atoms with Gasteiger partial charge >= 0.3 is 0 Å². The van der Waals surface area contributed by atoms with Crippen LogP contribution in [0.4, 0.5) is 0 Å². The molecule has 1 aliphatic carbocycles. The molecule has 1 saturated heterocycles. The highest BCUT2D eigenvalue weighted by Gasteiger charge is 2.32. The van der Waals surface area contributed by atoms with Crippen LogP contribution in [0.2, 0.25) is 0 Å².